The number of hydrogen-bond acceptors (Lipinski definition) is 0. The van der Waals surface area contributed by atoms with Gasteiger partial charge in [-0.05, 0) is 43.7 Å². The van der Waals surface area contributed by atoms with E-state index in [1.807, 2.05) is 0 Å². The second kappa shape index (κ2) is 4.77. The van der Waals surface area contributed by atoms with E-state index < -0.39 is 0 Å². The second-order valence-corrected chi connectivity index (χ2v) is 4.85. The van der Waals surface area contributed by atoms with Crippen LogP contribution in [0.25, 0.3) is 16.9 Å². The third-order valence-electron chi connectivity index (χ3n) is 3.51. The van der Waals surface area contributed by atoms with Crippen molar-refractivity contribution >= 4 is 0 Å². The number of nitrogens with zero attached hydrogens (tertiary/aromatic N) is 1. The van der Waals surface area contributed by atoms with Gasteiger partial charge in [-0.25, -0.2) is 0 Å². The van der Waals surface area contributed by atoms with Gasteiger partial charge in [0.1, 0.15) is 0 Å². The first-order chi connectivity index (χ1) is 9.27. The van der Waals surface area contributed by atoms with Gasteiger partial charge in [-0.2, -0.15) is 0 Å². The van der Waals surface area contributed by atoms with E-state index in [0.29, 0.717) is 0 Å². The van der Waals surface area contributed by atoms with Gasteiger partial charge in [0.05, 0.1) is 5.69 Å². The Morgan fingerprint density at radius 2 is 1.37 bits per heavy atom. The van der Waals surface area contributed by atoms with Crippen molar-refractivity contribution in [3.63, 3.8) is 0 Å². The summed E-state index contributed by atoms with van der Waals surface area (Å²) in [6, 6.07) is 23.4. The fraction of sp³-hybridized carbons (Fsp3) is 0.111. The Bertz CT molecular complexity index is 693. The lowest BCUT2D eigenvalue weighted by Gasteiger charge is -2.13. The van der Waals surface area contributed by atoms with E-state index >= 15 is 0 Å². The number of rotatable bonds is 2. The van der Waals surface area contributed by atoms with Gasteiger partial charge in [0, 0.05) is 16.9 Å². The third-order valence-corrected chi connectivity index (χ3v) is 3.51. The molecule has 19 heavy (non-hydrogen) atoms. The lowest BCUT2D eigenvalue weighted by Crippen LogP contribution is -1.99. The minimum atomic E-state index is 1.21. The zero-order valence-electron chi connectivity index (χ0n) is 11.3. The maximum absolute atomic E-state index is 2.31. The summed E-state index contributed by atoms with van der Waals surface area (Å²) in [4.78, 5) is 0. The molecular weight excluding hydrogens is 230 g/mol. The molecule has 1 nitrogen and oxygen atoms in total. The molecule has 3 rings (SSSR count). The van der Waals surface area contributed by atoms with Crippen LogP contribution in [0.3, 0.4) is 0 Å². The van der Waals surface area contributed by atoms with E-state index in [1.54, 1.807) is 0 Å². The molecule has 0 amide bonds. The predicted molar refractivity (Wildman–Crippen MR) is 80.7 cm³/mol. The van der Waals surface area contributed by atoms with E-state index in [9.17, 15) is 0 Å². The lowest BCUT2D eigenvalue weighted by molar-refractivity contribution is 1.02. The zero-order valence-corrected chi connectivity index (χ0v) is 11.3. The van der Waals surface area contributed by atoms with Gasteiger partial charge in [0.15, 0.2) is 0 Å². The number of aromatic nitrogens is 1. The SMILES string of the molecule is Cc1ccccc1-c1ccc(C)n1-c1ccccc1. The van der Waals surface area contributed by atoms with Crippen LogP contribution in [0.4, 0.5) is 0 Å². The Labute approximate surface area is 114 Å². The first kappa shape index (κ1) is 11.8. The molecule has 1 heterocycles. The molecular formula is C18H17N. The van der Waals surface area contributed by atoms with Crippen LogP contribution in [0.1, 0.15) is 11.3 Å². The van der Waals surface area contributed by atoms with Crippen LogP contribution in [0.15, 0.2) is 66.7 Å². The molecule has 0 radical (unpaired) electrons. The molecule has 0 bridgehead atoms. The maximum Gasteiger partial charge on any atom is 0.0533 e. The highest BCUT2D eigenvalue weighted by atomic mass is 15.0. The molecule has 0 atom stereocenters. The van der Waals surface area contributed by atoms with E-state index in [0.717, 1.165) is 0 Å². The Hall–Kier alpha value is -2.28. The van der Waals surface area contributed by atoms with Gasteiger partial charge in [0.2, 0.25) is 0 Å². The van der Waals surface area contributed by atoms with Crippen molar-refractivity contribution < 1.29 is 0 Å². The average Bonchev–Trinajstić information content (AvgIpc) is 2.82. The first-order valence-electron chi connectivity index (χ1n) is 6.57. The van der Waals surface area contributed by atoms with Crippen molar-refractivity contribution in [2.75, 3.05) is 0 Å². The summed E-state index contributed by atoms with van der Waals surface area (Å²) in [7, 11) is 0. The molecule has 0 N–H and O–H groups in total. The van der Waals surface area contributed by atoms with Crippen LogP contribution in [0.5, 0.6) is 0 Å². The quantitative estimate of drug-likeness (QED) is 0.615. The lowest BCUT2D eigenvalue weighted by atomic mass is 10.1. The molecule has 1 heteroatoms. The summed E-state index contributed by atoms with van der Waals surface area (Å²) in [6.45, 7) is 4.31. The smallest absolute Gasteiger partial charge is 0.0533 e. The Morgan fingerprint density at radius 3 is 2.11 bits per heavy atom. The van der Waals surface area contributed by atoms with Gasteiger partial charge in [-0.15, -0.1) is 0 Å². The fourth-order valence-corrected chi connectivity index (χ4v) is 2.53. The van der Waals surface area contributed by atoms with Crippen molar-refractivity contribution in [1.82, 2.24) is 4.57 Å². The van der Waals surface area contributed by atoms with Crippen molar-refractivity contribution in [3.8, 4) is 16.9 Å². The number of para-hydroxylation sites is 1. The molecule has 1 aromatic heterocycles. The number of benzene rings is 2. The Morgan fingerprint density at radius 1 is 0.684 bits per heavy atom. The molecule has 0 aliphatic carbocycles. The normalized spacial score (nSPS) is 10.6. The van der Waals surface area contributed by atoms with E-state index in [2.05, 4.69) is 85.1 Å². The minimum Gasteiger partial charge on any atom is -0.314 e. The Balaban J connectivity index is 2.23. The molecule has 0 aliphatic heterocycles. The van der Waals surface area contributed by atoms with Crippen LogP contribution in [0.2, 0.25) is 0 Å². The zero-order chi connectivity index (χ0) is 13.2. The molecule has 2 aromatic carbocycles. The number of hydrogen-bond donors (Lipinski definition) is 0. The van der Waals surface area contributed by atoms with Crippen molar-refractivity contribution in [1.29, 1.82) is 0 Å². The van der Waals surface area contributed by atoms with Gasteiger partial charge in [-0.3, -0.25) is 0 Å². The topological polar surface area (TPSA) is 4.93 Å². The maximum atomic E-state index is 2.31. The molecule has 0 aliphatic rings. The summed E-state index contributed by atoms with van der Waals surface area (Å²) in [5.41, 5.74) is 6.31. The fourth-order valence-electron chi connectivity index (χ4n) is 2.53. The van der Waals surface area contributed by atoms with E-state index in [-0.39, 0.29) is 0 Å². The van der Waals surface area contributed by atoms with Gasteiger partial charge in [0.25, 0.3) is 0 Å². The average molecular weight is 247 g/mol. The van der Waals surface area contributed by atoms with Crippen molar-refractivity contribution in [2.45, 2.75) is 13.8 Å². The number of aryl methyl sites for hydroxylation is 2. The van der Waals surface area contributed by atoms with Crippen LogP contribution < -0.4 is 0 Å². The van der Waals surface area contributed by atoms with Gasteiger partial charge < -0.3 is 4.57 Å². The van der Waals surface area contributed by atoms with E-state index in [4.69, 9.17) is 0 Å². The molecule has 94 valence electrons. The Kier molecular flexibility index (Phi) is 2.96. The molecule has 0 unspecified atom stereocenters. The molecule has 0 saturated carbocycles. The molecule has 0 fully saturated rings. The second-order valence-electron chi connectivity index (χ2n) is 4.85. The summed E-state index contributed by atoms with van der Waals surface area (Å²) < 4.78 is 2.31. The van der Waals surface area contributed by atoms with E-state index in [1.165, 1.54) is 28.2 Å². The summed E-state index contributed by atoms with van der Waals surface area (Å²) >= 11 is 0. The van der Waals surface area contributed by atoms with Crippen LogP contribution in [-0.2, 0) is 0 Å². The summed E-state index contributed by atoms with van der Waals surface area (Å²) in [5.74, 6) is 0. The third kappa shape index (κ3) is 2.08. The minimum absolute atomic E-state index is 1.21. The van der Waals surface area contributed by atoms with Crippen LogP contribution in [0, 0.1) is 13.8 Å². The highest BCUT2D eigenvalue weighted by Crippen LogP contribution is 2.28. The van der Waals surface area contributed by atoms with Crippen LogP contribution in [-0.4, -0.2) is 4.57 Å². The van der Waals surface area contributed by atoms with Crippen LogP contribution >= 0.6 is 0 Å². The largest absolute Gasteiger partial charge is 0.314 e. The van der Waals surface area contributed by atoms with Gasteiger partial charge >= 0.3 is 0 Å². The first-order valence-corrected chi connectivity index (χ1v) is 6.57. The highest BCUT2D eigenvalue weighted by Gasteiger charge is 2.10. The van der Waals surface area contributed by atoms with Gasteiger partial charge in [-0.1, -0.05) is 42.5 Å². The summed E-state index contributed by atoms with van der Waals surface area (Å²) in [5, 5.41) is 0. The standard InChI is InChI=1S/C18H17N/c1-14-8-6-7-11-17(14)18-13-12-15(2)19(18)16-9-4-3-5-10-16/h3-13H,1-2H3. The van der Waals surface area contributed by atoms with Crippen molar-refractivity contribution in [2.24, 2.45) is 0 Å². The summed E-state index contributed by atoms with van der Waals surface area (Å²) in [6.07, 6.45) is 0. The van der Waals surface area contributed by atoms with Crippen molar-refractivity contribution in [3.05, 3.63) is 78.0 Å². The monoisotopic (exact) mass is 247 g/mol. The predicted octanol–water partition coefficient (Wildman–Crippen LogP) is 4.76. The molecule has 3 aromatic rings. The molecule has 0 spiro atoms. The highest BCUT2D eigenvalue weighted by molar-refractivity contribution is 5.67. The molecule has 0 saturated heterocycles.